The molecule has 3 aromatic carbocycles. The van der Waals surface area contributed by atoms with Crippen LogP contribution in [0.1, 0.15) is 21.5 Å². The summed E-state index contributed by atoms with van der Waals surface area (Å²) in [6.45, 7) is 4.28. The van der Waals surface area contributed by atoms with Crippen LogP contribution in [0.25, 0.3) is 0 Å². The molecule has 0 saturated heterocycles. The van der Waals surface area contributed by atoms with E-state index in [0.717, 1.165) is 16.9 Å². The maximum absolute atomic E-state index is 12.5. The molecule has 0 saturated carbocycles. The van der Waals surface area contributed by atoms with Gasteiger partial charge >= 0.3 is 0 Å². The van der Waals surface area contributed by atoms with E-state index in [1.54, 1.807) is 24.3 Å². The lowest BCUT2D eigenvalue weighted by Gasteiger charge is -2.14. The van der Waals surface area contributed by atoms with Crippen LogP contribution >= 0.6 is 12.2 Å². The fourth-order valence-electron chi connectivity index (χ4n) is 3.10. The van der Waals surface area contributed by atoms with Gasteiger partial charge in [0.1, 0.15) is 30.5 Å². The molecule has 9 heteroatoms. The molecule has 8 nitrogen and oxygen atoms in total. The van der Waals surface area contributed by atoms with Crippen molar-refractivity contribution in [3.63, 3.8) is 0 Å². The van der Waals surface area contributed by atoms with Crippen molar-refractivity contribution in [2.24, 2.45) is 0 Å². The summed E-state index contributed by atoms with van der Waals surface area (Å²) in [6, 6.07) is 21.8. The second-order valence-electron chi connectivity index (χ2n) is 7.50. The van der Waals surface area contributed by atoms with E-state index in [1.807, 2.05) is 62.4 Å². The van der Waals surface area contributed by atoms with E-state index in [9.17, 15) is 9.59 Å². The first-order valence-corrected chi connectivity index (χ1v) is 11.3. The summed E-state index contributed by atoms with van der Waals surface area (Å²) >= 11 is 5.09. The number of thiocarbonyl (C=S) groups is 1. The van der Waals surface area contributed by atoms with Gasteiger partial charge in [-0.25, -0.2) is 0 Å². The van der Waals surface area contributed by atoms with Gasteiger partial charge in [-0.3, -0.25) is 25.8 Å². The van der Waals surface area contributed by atoms with Gasteiger partial charge in [0.05, 0.1) is 0 Å². The fraction of sp³-hybridized carbons (Fsp3) is 0.192. The van der Waals surface area contributed by atoms with Crippen LogP contribution in [0, 0.1) is 13.8 Å². The Bertz CT molecular complexity index is 1150. The molecule has 3 N–H and O–H groups in total. The Balaban J connectivity index is 1.39. The van der Waals surface area contributed by atoms with Gasteiger partial charge in [0.25, 0.3) is 11.8 Å². The van der Waals surface area contributed by atoms with E-state index < -0.39 is 11.8 Å². The second-order valence-corrected chi connectivity index (χ2v) is 7.91. The molecule has 2 amide bonds. The highest BCUT2D eigenvalue weighted by molar-refractivity contribution is 7.80. The van der Waals surface area contributed by atoms with Crippen LogP contribution in [-0.4, -0.2) is 36.7 Å². The molecule has 0 aliphatic rings. The molecule has 0 fully saturated rings. The Labute approximate surface area is 209 Å². The predicted molar refractivity (Wildman–Crippen MR) is 137 cm³/mol. The third-order valence-electron chi connectivity index (χ3n) is 4.76. The van der Waals surface area contributed by atoms with E-state index in [2.05, 4.69) is 16.2 Å². The Morgan fingerprint density at radius 3 is 2.11 bits per heavy atom. The second kappa shape index (κ2) is 13.0. The molecule has 0 heterocycles. The Morgan fingerprint density at radius 1 is 0.771 bits per heavy atom. The molecule has 0 radical (unpaired) electrons. The molecule has 182 valence electrons. The number of nitrogens with one attached hydrogen (secondary N) is 3. The van der Waals surface area contributed by atoms with Crippen molar-refractivity contribution in [3.05, 3.63) is 89.5 Å². The molecule has 35 heavy (non-hydrogen) atoms. The van der Waals surface area contributed by atoms with Gasteiger partial charge in [-0.15, -0.1) is 0 Å². The highest BCUT2D eigenvalue weighted by Gasteiger charge is 2.11. The van der Waals surface area contributed by atoms with Crippen LogP contribution in [0.4, 0.5) is 0 Å². The lowest BCUT2D eigenvalue weighted by molar-refractivity contribution is -0.123. The van der Waals surface area contributed by atoms with Crippen LogP contribution in [0.3, 0.4) is 0 Å². The number of ether oxygens (including phenoxy) is 3. The Morgan fingerprint density at radius 2 is 1.40 bits per heavy atom. The topological polar surface area (TPSA) is 97.9 Å². The van der Waals surface area contributed by atoms with Crippen molar-refractivity contribution in [2.45, 2.75) is 13.8 Å². The predicted octanol–water partition coefficient (Wildman–Crippen LogP) is 3.48. The van der Waals surface area contributed by atoms with E-state index in [4.69, 9.17) is 26.4 Å². The first kappa shape index (κ1) is 25.5. The van der Waals surface area contributed by atoms with Crippen LogP contribution in [0.5, 0.6) is 17.2 Å². The van der Waals surface area contributed by atoms with Gasteiger partial charge in [-0.2, -0.15) is 0 Å². The summed E-state index contributed by atoms with van der Waals surface area (Å²) in [4.78, 5) is 24.6. The number of carbonyl (C=O) groups excluding carboxylic acids is 2. The maximum Gasteiger partial charge on any atom is 0.276 e. The number of amides is 2. The summed E-state index contributed by atoms with van der Waals surface area (Å²) in [5.74, 6) is 1.04. The molecular weight excluding hydrogens is 466 g/mol. The highest BCUT2D eigenvalue weighted by atomic mass is 32.1. The number of hydrazine groups is 1. The number of para-hydroxylation sites is 2. The van der Waals surface area contributed by atoms with E-state index >= 15 is 0 Å². The molecule has 0 spiro atoms. The quantitative estimate of drug-likeness (QED) is 0.239. The first-order chi connectivity index (χ1) is 16.9. The highest BCUT2D eigenvalue weighted by Crippen LogP contribution is 2.22. The summed E-state index contributed by atoms with van der Waals surface area (Å²) < 4.78 is 16.8. The Hall–Kier alpha value is -4.11. The first-order valence-electron chi connectivity index (χ1n) is 10.9. The molecule has 0 unspecified atom stereocenters. The molecule has 3 aromatic rings. The van der Waals surface area contributed by atoms with Gasteiger partial charge in [0.2, 0.25) is 0 Å². The third kappa shape index (κ3) is 8.31. The Kier molecular flexibility index (Phi) is 9.44. The van der Waals surface area contributed by atoms with Crippen molar-refractivity contribution >= 4 is 29.1 Å². The minimum atomic E-state index is -0.450. The molecule has 0 atom stereocenters. The van der Waals surface area contributed by atoms with Crippen molar-refractivity contribution in [3.8, 4) is 17.2 Å². The number of rotatable bonds is 9. The van der Waals surface area contributed by atoms with Crippen molar-refractivity contribution < 1.29 is 23.8 Å². The van der Waals surface area contributed by atoms with Gasteiger partial charge in [-0.05, 0) is 67.5 Å². The zero-order valence-electron chi connectivity index (χ0n) is 19.5. The number of carbonyl (C=O) groups is 2. The van der Waals surface area contributed by atoms with E-state index in [1.165, 1.54) is 0 Å². The maximum atomic E-state index is 12.5. The number of hydrogen-bond donors (Lipinski definition) is 3. The minimum Gasteiger partial charge on any atom is -0.490 e. The van der Waals surface area contributed by atoms with Crippen LogP contribution in [0.2, 0.25) is 0 Å². The molecule has 3 rings (SSSR count). The third-order valence-corrected chi connectivity index (χ3v) is 4.96. The van der Waals surface area contributed by atoms with Crippen molar-refractivity contribution in [1.29, 1.82) is 0 Å². The zero-order valence-corrected chi connectivity index (χ0v) is 20.3. The summed E-state index contributed by atoms with van der Waals surface area (Å²) in [7, 11) is 0. The van der Waals surface area contributed by atoms with Gasteiger partial charge in [0.15, 0.2) is 11.7 Å². The van der Waals surface area contributed by atoms with Crippen LogP contribution < -0.4 is 30.4 Å². The molecule has 0 aliphatic heterocycles. The average Bonchev–Trinajstić information content (AvgIpc) is 2.86. The summed E-state index contributed by atoms with van der Waals surface area (Å²) in [6.07, 6.45) is 0. The number of hydrogen-bond acceptors (Lipinski definition) is 6. The SMILES string of the molecule is Cc1cccc(C)c1OCC(=O)NNC(=S)NC(=O)c1cccc(OCCOc2ccccc2)c1. The fourth-order valence-corrected chi connectivity index (χ4v) is 3.24. The monoisotopic (exact) mass is 493 g/mol. The summed E-state index contributed by atoms with van der Waals surface area (Å²) in [5, 5.41) is 2.45. The van der Waals surface area contributed by atoms with Crippen LogP contribution in [-0.2, 0) is 4.79 Å². The molecule has 0 aliphatic carbocycles. The molecule has 0 bridgehead atoms. The van der Waals surface area contributed by atoms with E-state index in [0.29, 0.717) is 30.3 Å². The lowest BCUT2D eigenvalue weighted by atomic mass is 10.1. The van der Waals surface area contributed by atoms with Crippen molar-refractivity contribution in [1.82, 2.24) is 16.2 Å². The largest absolute Gasteiger partial charge is 0.490 e. The van der Waals surface area contributed by atoms with Gasteiger partial charge in [-0.1, -0.05) is 42.5 Å². The van der Waals surface area contributed by atoms with Crippen LogP contribution in [0.15, 0.2) is 72.8 Å². The van der Waals surface area contributed by atoms with Gasteiger partial charge < -0.3 is 14.2 Å². The lowest BCUT2D eigenvalue weighted by Crippen LogP contribution is -2.49. The number of aryl methyl sites for hydroxylation is 2. The van der Waals surface area contributed by atoms with E-state index in [-0.39, 0.29) is 11.7 Å². The number of benzene rings is 3. The smallest absolute Gasteiger partial charge is 0.276 e. The molecule has 0 aromatic heterocycles. The normalized spacial score (nSPS) is 10.1. The standard InChI is InChI=1S/C26H27N3O5S/c1-18-8-6-9-19(2)24(18)34-17-23(30)28-29-26(35)27-25(31)20-10-7-13-22(16-20)33-15-14-32-21-11-4-3-5-12-21/h3-13,16H,14-15,17H2,1-2H3,(H,28,30)(H2,27,29,31,35). The molecular formula is C26H27N3O5S. The summed E-state index contributed by atoms with van der Waals surface area (Å²) in [5.41, 5.74) is 7.11. The minimum absolute atomic E-state index is 0.0574. The van der Waals surface area contributed by atoms with Crippen molar-refractivity contribution in [2.75, 3.05) is 19.8 Å². The van der Waals surface area contributed by atoms with Gasteiger partial charge in [0, 0.05) is 5.56 Å². The zero-order chi connectivity index (χ0) is 25.0. The average molecular weight is 494 g/mol.